The molecule has 1 aromatic carbocycles. The van der Waals surface area contributed by atoms with Crippen LogP contribution >= 0.6 is 0 Å². The van der Waals surface area contributed by atoms with Crippen molar-refractivity contribution in [1.82, 2.24) is 0 Å². The summed E-state index contributed by atoms with van der Waals surface area (Å²) in [7, 11) is 0. The largest absolute Gasteiger partial charge is 0.287 e. The summed E-state index contributed by atoms with van der Waals surface area (Å²) < 4.78 is 2.53. The molecule has 116 valence electrons. The molecular formula is C20H27N2+. The van der Waals surface area contributed by atoms with Gasteiger partial charge in [-0.2, -0.15) is 0 Å². The van der Waals surface area contributed by atoms with Gasteiger partial charge in [0, 0.05) is 11.0 Å². The Morgan fingerprint density at radius 2 is 1.64 bits per heavy atom. The molecule has 0 saturated heterocycles. The molecular weight excluding hydrogens is 268 g/mol. The van der Waals surface area contributed by atoms with Crippen molar-refractivity contribution in [1.29, 1.82) is 0 Å². The van der Waals surface area contributed by atoms with Crippen molar-refractivity contribution in [3.8, 4) is 0 Å². The maximum absolute atomic E-state index is 6.55. The third-order valence-electron chi connectivity index (χ3n) is 7.38. The lowest BCUT2D eigenvalue weighted by Gasteiger charge is -2.58. The van der Waals surface area contributed by atoms with Gasteiger partial charge in [-0.15, -0.1) is 0 Å². The molecule has 1 aromatic rings. The zero-order chi connectivity index (χ0) is 14.9. The maximum Gasteiger partial charge on any atom is 0.275 e. The number of benzene rings is 1. The van der Waals surface area contributed by atoms with Gasteiger partial charge in [0.05, 0.1) is 11.6 Å². The van der Waals surface area contributed by atoms with Gasteiger partial charge in [-0.1, -0.05) is 18.2 Å². The van der Waals surface area contributed by atoms with E-state index in [1.807, 2.05) is 0 Å². The Balaban J connectivity index is 1.51. The van der Waals surface area contributed by atoms with Gasteiger partial charge < -0.3 is 0 Å². The molecule has 0 amide bonds. The highest BCUT2D eigenvalue weighted by Crippen LogP contribution is 2.61. The SMILES string of the molecule is C[C@H]([N+]1=C(N)c2ccccc2C1)C12CC3CC(CC(C3)C1)C2. The van der Waals surface area contributed by atoms with E-state index < -0.39 is 0 Å². The van der Waals surface area contributed by atoms with Crippen LogP contribution in [-0.2, 0) is 6.54 Å². The lowest BCUT2D eigenvalue weighted by Crippen LogP contribution is -2.54. The van der Waals surface area contributed by atoms with Gasteiger partial charge in [0.25, 0.3) is 5.84 Å². The molecule has 2 N–H and O–H groups in total. The molecule has 2 nitrogen and oxygen atoms in total. The quantitative estimate of drug-likeness (QED) is 0.831. The van der Waals surface area contributed by atoms with E-state index in [9.17, 15) is 0 Å². The van der Waals surface area contributed by atoms with Crippen molar-refractivity contribution in [3.05, 3.63) is 35.4 Å². The molecule has 4 aliphatic carbocycles. The number of rotatable bonds is 2. The first-order chi connectivity index (χ1) is 10.6. The third-order valence-corrected chi connectivity index (χ3v) is 7.38. The zero-order valence-corrected chi connectivity index (χ0v) is 13.6. The molecule has 5 aliphatic rings. The van der Waals surface area contributed by atoms with E-state index >= 15 is 0 Å². The van der Waals surface area contributed by atoms with E-state index in [1.54, 1.807) is 0 Å². The number of hydrogen-bond donors (Lipinski definition) is 1. The van der Waals surface area contributed by atoms with Gasteiger partial charge in [-0.05, 0) is 69.3 Å². The average molecular weight is 295 g/mol. The molecule has 4 fully saturated rings. The molecule has 22 heavy (non-hydrogen) atoms. The normalized spacial score (nSPS) is 40.1. The van der Waals surface area contributed by atoms with Crippen molar-refractivity contribution in [2.45, 2.75) is 58.0 Å². The second-order valence-corrected chi connectivity index (χ2v) is 8.63. The van der Waals surface area contributed by atoms with E-state index in [-0.39, 0.29) is 0 Å². The van der Waals surface area contributed by atoms with Crippen molar-refractivity contribution in [2.75, 3.05) is 0 Å². The summed E-state index contributed by atoms with van der Waals surface area (Å²) >= 11 is 0. The summed E-state index contributed by atoms with van der Waals surface area (Å²) in [4.78, 5) is 0. The summed E-state index contributed by atoms with van der Waals surface area (Å²) in [6, 6.07) is 9.29. The van der Waals surface area contributed by atoms with Gasteiger partial charge in [-0.25, -0.2) is 0 Å². The summed E-state index contributed by atoms with van der Waals surface area (Å²) in [6.07, 6.45) is 8.93. The predicted molar refractivity (Wildman–Crippen MR) is 88.8 cm³/mol. The first-order valence-corrected chi connectivity index (χ1v) is 9.12. The summed E-state index contributed by atoms with van der Waals surface area (Å²) in [5.74, 6) is 4.07. The van der Waals surface area contributed by atoms with Crippen LogP contribution in [0.25, 0.3) is 0 Å². The van der Waals surface area contributed by atoms with Gasteiger partial charge in [0.15, 0.2) is 0 Å². The maximum atomic E-state index is 6.55. The van der Waals surface area contributed by atoms with Crippen molar-refractivity contribution in [3.63, 3.8) is 0 Å². The van der Waals surface area contributed by atoms with Crippen molar-refractivity contribution >= 4 is 5.84 Å². The number of hydrogen-bond acceptors (Lipinski definition) is 1. The molecule has 0 unspecified atom stereocenters. The molecule has 1 atom stereocenters. The van der Waals surface area contributed by atoms with Crippen LogP contribution in [0, 0.1) is 23.2 Å². The van der Waals surface area contributed by atoms with E-state index in [0.29, 0.717) is 11.5 Å². The highest BCUT2D eigenvalue weighted by atomic mass is 15.1. The molecule has 2 heteroatoms. The van der Waals surface area contributed by atoms with E-state index in [1.165, 1.54) is 49.7 Å². The highest BCUT2D eigenvalue weighted by molar-refractivity contribution is 5.96. The van der Waals surface area contributed by atoms with Crippen LogP contribution < -0.4 is 5.73 Å². The van der Waals surface area contributed by atoms with Gasteiger partial charge in [-0.3, -0.25) is 10.3 Å². The second kappa shape index (κ2) is 4.37. The Hall–Kier alpha value is -1.31. The standard InChI is InChI=1S/C20H26N2/c1-13(22-12-17-4-2-3-5-18(17)19(22)21)20-9-14-6-15(10-20)8-16(7-14)11-20/h2-5,13-16,21H,6-12H2,1H3/p+1/t13-,14?,15?,16?,20?/m0/s1. The van der Waals surface area contributed by atoms with Crippen LogP contribution in [0.5, 0.6) is 0 Å². The van der Waals surface area contributed by atoms with Crippen molar-refractivity contribution < 1.29 is 4.58 Å². The van der Waals surface area contributed by atoms with Crippen LogP contribution in [0.1, 0.15) is 56.6 Å². The number of fused-ring (bicyclic) bond motifs is 1. The van der Waals surface area contributed by atoms with E-state index in [2.05, 4.69) is 35.8 Å². The molecule has 4 saturated carbocycles. The Morgan fingerprint density at radius 1 is 1.05 bits per heavy atom. The minimum Gasteiger partial charge on any atom is -0.287 e. The minimum absolute atomic E-state index is 0.543. The monoisotopic (exact) mass is 295 g/mol. The van der Waals surface area contributed by atoms with Crippen LogP contribution in [0.3, 0.4) is 0 Å². The Morgan fingerprint density at radius 3 is 2.23 bits per heavy atom. The van der Waals surface area contributed by atoms with E-state index in [4.69, 9.17) is 5.73 Å². The molecule has 4 bridgehead atoms. The Labute approximate surface area is 133 Å². The first kappa shape index (κ1) is 13.2. The number of nitrogens with two attached hydrogens (primary N) is 1. The van der Waals surface area contributed by atoms with Crippen molar-refractivity contribution in [2.24, 2.45) is 28.9 Å². The zero-order valence-electron chi connectivity index (χ0n) is 13.6. The van der Waals surface area contributed by atoms with Gasteiger partial charge >= 0.3 is 0 Å². The van der Waals surface area contributed by atoms with Crippen LogP contribution in [-0.4, -0.2) is 16.5 Å². The molecule has 0 spiro atoms. The first-order valence-electron chi connectivity index (χ1n) is 9.12. The molecule has 1 heterocycles. The topological polar surface area (TPSA) is 29.0 Å². The van der Waals surface area contributed by atoms with Crippen LogP contribution in [0.2, 0.25) is 0 Å². The lowest BCUT2D eigenvalue weighted by atomic mass is 9.48. The molecule has 1 aliphatic heterocycles. The average Bonchev–Trinajstić information content (AvgIpc) is 2.83. The Bertz CT molecular complexity index is 622. The third kappa shape index (κ3) is 1.70. The summed E-state index contributed by atoms with van der Waals surface area (Å²) in [6.45, 7) is 3.48. The second-order valence-electron chi connectivity index (χ2n) is 8.63. The van der Waals surface area contributed by atoms with Gasteiger partial charge in [0.1, 0.15) is 6.54 Å². The highest BCUT2D eigenvalue weighted by Gasteiger charge is 2.55. The molecule has 0 radical (unpaired) electrons. The fourth-order valence-electron chi connectivity index (χ4n) is 6.70. The fraction of sp³-hybridized carbons (Fsp3) is 0.650. The van der Waals surface area contributed by atoms with Crippen LogP contribution in [0.15, 0.2) is 24.3 Å². The summed E-state index contributed by atoms with van der Waals surface area (Å²) in [5, 5.41) is 0. The summed E-state index contributed by atoms with van der Waals surface area (Å²) in [5.41, 5.74) is 9.79. The number of nitrogens with zero attached hydrogens (tertiary/aromatic N) is 1. The molecule has 6 rings (SSSR count). The predicted octanol–water partition coefficient (Wildman–Crippen LogP) is 3.52. The Kier molecular flexibility index (Phi) is 2.61. The smallest absolute Gasteiger partial charge is 0.275 e. The molecule has 0 aromatic heterocycles. The lowest BCUT2D eigenvalue weighted by molar-refractivity contribution is -0.595. The fourth-order valence-corrected chi connectivity index (χ4v) is 6.70. The minimum atomic E-state index is 0.543. The van der Waals surface area contributed by atoms with Crippen LogP contribution in [0.4, 0.5) is 0 Å². The van der Waals surface area contributed by atoms with E-state index in [0.717, 1.165) is 30.1 Å². The number of amidine groups is 1. The van der Waals surface area contributed by atoms with Gasteiger partial charge in [0.2, 0.25) is 0 Å².